The lowest BCUT2D eigenvalue weighted by atomic mass is 9.88. The maximum Gasteiger partial charge on any atom is 0.322 e. The average Bonchev–Trinajstić information content (AvgIpc) is 2.88. The van der Waals surface area contributed by atoms with Crippen LogP contribution in [0.1, 0.15) is 43.2 Å². The molecule has 1 aromatic carbocycles. The number of nitrogens with one attached hydrogen (secondary N) is 1. The van der Waals surface area contributed by atoms with Crippen LogP contribution in [0.25, 0.3) is 0 Å². The molecule has 2 amide bonds. The number of piperazine rings is 1. The molecule has 4 saturated heterocycles. The Bertz CT molecular complexity index is 888. The van der Waals surface area contributed by atoms with Crippen molar-refractivity contribution < 1.29 is 19.2 Å². The van der Waals surface area contributed by atoms with E-state index in [9.17, 15) is 9.59 Å². The van der Waals surface area contributed by atoms with Crippen molar-refractivity contribution in [2.75, 3.05) is 46.4 Å². The molecule has 2 unspecified atom stereocenters. The van der Waals surface area contributed by atoms with Gasteiger partial charge in [-0.2, -0.15) is 0 Å². The molecule has 0 spiro atoms. The van der Waals surface area contributed by atoms with Gasteiger partial charge in [-0.1, -0.05) is 17.3 Å². The van der Waals surface area contributed by atoms with Crippen LogP contribution in [0.5, 0.6) is 5.75 Å². The SMILES string of the molecule is CNC(=O)N(/C=N/Oc1ccc(CN2CC3CCC2CN3CC2CCOCC2)cc1C)CCC=O. The van der Waals surface area contributed by atoms with Crippen LogP contribution in [0, 0.1) is 12.8 Å². The number of carbonyl (C=O) groups is 2. The Kier molecular flexibility index (Phi) is 9.12. The third-order valence-electron chi connectivity index (χ3n) is 7.52. The van der Waals surface area contributed by atoms with Crippen molar-refractivity contribution in [2.24, 2.45) is 11.1 Å². The van der Waals surface area contributed by atoms with Crippen molar-refractivity contribution in [3.05, 3.63) is 29.3 Å². The predicted octanol–water partition coefficient (Wildman–Crippen LogP) is 2.62. The summed E-state index contributed by atoms with van der Waals surface area (Å²) in [5, 5.41) is 6.48. The molecular weight excluding hydrogens is 446 g/mol. The lowest BCUT2D eigenvalue weighted by Crippen LogP contribution is -2.62. The van der Waals surface area contributed by atoms with Gasteiger partial charge in [0.25, 0.3) is 0 Å². The summed E-state index contributed by atoms with van der Waals surface area (Å²) < 4.78 is 5.54. The Morgan fingerprint density at radius 2 is 1.94 bits per heavy atom. The molecular formula is C26H39N5O4. The Labute approximate surface area is 208 Å². The molecule has 0 aliphatic carbocycles. The largest absolute Gasteiger partial charge is 0.381 e. The number of carbonyl (C=O) groups excluding carboxylic acids is 2. The van der Waals surface area contributed by atoms with E-state index in [1.165, 1.54) is 62.6 Å². The number of oxime groups is 1. The summed E-state index contributed by atoms with van der Waals surface area (Å²) in [6.45, 7) is 8.62. The Balaban J connectivity index is 1.29. The molecule has 4 aliphatic rings. The number of ether oxygens (including phenoxy) is 1. The van der Waals surface area contributed by atoms with E-state index in [4.69, 9.17) is 9.57 Å². The van der Waals surface area contributed by atoms with Crippen LogP contribution in [0.2, 0.25) is 0 Å². The minimum Gasteiger partial charge on any atom is -0.381 e. The van der Waals surface area contributed by atoms with E-state index >= 15 is 0 Å². The van der Waals surface area contributed by atoms with E-state index < -0.39 is 0 Å². The van der Waals surface area contributed by atoms with Crippen molar-refractivity contribution in [3.63, 3.8) is 0 Å². The molecule has 4 aliphatic heterocycles. The number of urea groups is 1. The number of piperidine rings is 2. The predicted molar refractivity (Wildman–Crippen MR) is 134 cm³/mol. The number of hydrogen-bond acceptors (Lipinski definition) is 7. The maximum absolute atomic E-state index is 11.9. The van der Waals surface area contributed by atoms with Gasteiger partial charge in [-0.15, -0.1) is 0 Å². The van der Waals surface area contributed by atoms with Gasteiger partial charge in [0.2, 0.25) is 0 Å². The van der Waals surface area contributed by atoms with E-state index in [0.29, 0.717) is 17.8 Å². The first-order valence-electron chi connectivity index (χ1n) is 12.8. The summed E-state index contributed by atoms with van der Waals surface area (Å²) >= 11 is 0. The van der Waals surface area contributed by atoms with Gasteiger partial charge in [-0.25, -0.2) is 4.79 Å². The van der Waals surface area contributed by atoms with Gasteiger partial charge in [0.1, 0.15) is 12.6 Å². The first-order valence-corrected chi connectivity index (χ1v) is 12.8. The van der Waals surface area contributed by atoms with Gasteiger partial charge in [-0.3, -0.25) is 14.7 Å². The third-order valence-corrected chi connectivity index (χ3v) is 7.52. The Hall–Kier alpha value is -2.49. The van der Waals surface area contributed by atoms with Crippen molar-refractivity contribution in [3.8, 4) is 5.75 Å². The molecule has 192 valence electrons. The van der Waals surface area contributed by atoms with Crippen molar-refractivity contribution >= 4 is 18.7 Å². The molecule has 4 heterocycles. The summed E-state index contributed by atoms with van der Waals surface area (Å²) in [7, 11) is 1.53. The fraction of sp³-hybridized carbons (Fsp3) is 0.654. The highest BCUT2D eigenvalue weighted by Gasteiger charge is 2.39. The lowest BCUT2D eigenvalue weighted by molar-refractivity contribution is -0.107. The topological polar surface area (TPSA) is 86.7 Å². The number of benzene rings is 1. The van der Waals surface area contributed by atoms with Gasteiger partial charge >= 0.3 is 6.03 Å². The zero-order valence-corrected chi connectivity index (χ0v) is 21.0. The molecule has 9 nitrogen and oxygen atoms in total. The van der Waals surface area contributed by atoms with Gasteiger partial charge < -0.3 is 19.7 Å². The molecule has 2 bridgehead atoms. The van der Waals surface area contributed by atoms with E-state index in [0.717, 1.165) is 44.1 Å². The number of amides is 2. The minimum atomic E-state index is -0.339. The number of hydrogen-bond donors (Lipinski definition) is 1. The molecule has 0 saturated carbocycles. The van der Waals surface area contributed by atoms with Crippen LogP contribution in [0.4, 0.5) is 4.79 Å². The highest BCUT2D eigenvalue weighted by atomic mass is 16.6. The second kappa shape index (κ2) is 12.5. The van der Waals surface area contributed by atoms with Crippen LogP contribution < -0.4 is 10.2 Å². The van der Waals surface area contributed by atoms with Crippen LogP contribution >= 0.6 is 0 Å². The Morgan fingerprint density at radius 3 is 2.60 bits per heavy atom. The highest BCUT2D eigenvalue weighted by Crippen LogP contribution is 2.32. The number of nitrogens with zero attached hydrogens (tertiary/aromatic N) is 4. The summed E-state index contributed by atoms with van der Waals surface area (Å²) in [6.07, 6.45) is 7.33. The zero-order chi connectivity index (χ0) is 24.6. The Morgan fingerprint density at radius 1 is 1.20 bits per heavy atom. The number of rotatable bonds is 10. The standard InChI is InChI=1S/C26H39N5O4/c1-20-14-22(4-7-25(20)35-28-19-29(10-3-11-32)26(33)27-2)16-31-18-23-5-6-24(31)17-30(23)15-21-8-12-34-13-9-21/h4,7,11,14,19,21,23-24H,3,5-6,8-10,12-13,15-18H2,1-2H3,(H,27,33)/b28-19+. The van der Waals surface area contributed by atoms with Gasteiger partial charge in [0.15, 0.2) is 5.75 Å². The van der Waals surface area contributed by atoms with Crippen molar-refractivity contribution in [1.29, 1.82) is 0 Å². The number of aryl methyl sites for hydroxylation is 1. The smallest absolute Gasteiger partial charge is 0.322 e. The van der Waals surface area contributed by atoms with E-state index in [1.807, 2.05) is 13.0 Å². The second-order valence-electron chi connectivity index (χ2n) is 9.94. The normalized spacial score (nSPS) is 23.5. The molecule has 2 atom stereocenters. The van der Waals surface area contributed by atoms with E-state index in [1.54, 1.807) is 0 Å². The summed E-state index contributed by atoms with van der Waals surface area (Å²) in [4.78, 5) is 34.8. The molecule has 0 aromatic heterocycles. The van der Waals surface area contributed by atoms with Crippen molar-refractivity contribution in [2.45, 2.75) is 57.7 Å². The van der Waals surface area contributed by atoms with Crippen LogP contribution in [-0.4, -0.2) is 91.9 Å². The van der Waals surface area contributed by atoms with E-state index in [-0.39, 0.29) is 19.0 Å². The molecule has 1 aromatic rings. The average molecular weight is 486 g/mol. The molecule has 4 fully saturated rings. The van der Waals surface area contributed by atoms with Crippen LogP contribution in [0.15, 0.2) is 23.4 Å². The van der Waals surface area contributed by atoms with Gasteiger partial charge in [-0.05, 0) is 55.7 Å². The summed E-state index contributed by atoms with van der Waals surface area (Å²) in [5.74, 6) is 1.45. The van der Waals surface area contributed by atoms with Gasteiger partial charge in [0, 0.05) is 71.5 Å². The number of fused-ring (bicyclic) bond motifs is 3. The first kappa shape index (κ1) is 25.6. The van der Waals surface area contributed by atoms with E-state index in [2.05, 4.69) is 32.4 Å². The maximum atomic E-state index is 11.9. The molecule has 1 N–H and O–H groups in total. The molecule has 9 heteroatoms. The molecule has 35 heavy (non-hydrogen) atoms. The summed E-state index contributed by atoms with van der Waals surface area (Å²) in [5.41, 5.74) is 2.28. The summed E-state index contributed by atoms with van der Waals surface area (Å²) in [6, 6.07) is 7.16. The number of aldehydes is 1. The van der Waals surface area contributed by atoms with Crippen molar-refractivity contribution in [1.82, 2.24) is 20.0 Å². The van der Waals surface area contributed by atoms with Crippen LogP contribution in [-0.2, 0) is 16.1 Å². The van der Waals surface area contributed by atoms with Crippen LogP contribution in [0.3, 0.4) is 0 Å². The third kappa shape index (κ3) is 6.80. The monoisotopic (exact) mass is 485 g/mol. The highest BCUT2D eigenvalue weighted by molar-refractivity contribution is 5.86. The lowest BCUT2D eigenvalue weighted by Gasteiger charge is -2.52. The minimum absolute atomic E-state index is 0.235. The fourth-order valence-corrected chi connectivity index (χ4v) is 5.51. The molecule has 5 rings (SSSR count). The quantitative estimate of drug-likeness (QED) is 0.237. The fourth-order valence-electron chi connectivity index (χ4n) is 5.51. The zero-order valence-electron chi connectivity index (χ0n) is 21.0. The van der Waals surface area contributed by atoms with Gasteiger partial charge in [0.05, 0.1) is 0 Å². The molecule has 0 radical (unpaired) electrons. The second-order valence-corrected chi connectivity index (χ2v) is 9.94. The first-order chi connectivity index (χ1) is 17.1.